The monoisotopic (exact) mass is 355 g/mol. The predicted molar refractivity (Wildman–Crippen MR) is 100.0 cm³/mol. The molecule has 25 heavy (non-hydrogen) atoms. The molecule has 1 aliphatic heterocycles. The van der Waals surface area contributed by atoms with Crippen LogP contribution in [0.5, 0.6) is 5.75 Å². The second-order valence-corrected chi connectivity index (χ2v) is 7.02. The molecule has 0 atom stereocenters. The van der Waals surface area contributed by atoms with Crippen molar-refractivity contribution < 1.29 is 14.3 Å². The molecule has 1 aliphatic rings. The first-order valence-electron chi connectivity index (χ1n) is 8.36. The number of rotatable bonds is 5. The first-order valence-corrected chi connectivity index (χ1v) is 9.24. The van der Waals surface area contributed by atoms with Crippen LogP contribution < -0.4 is 4.74 Å². The summed E-state index contributed by atoms with van der Waals surface area (Å²) in [5.74, 6) is 0.904. The van der Waals surface area contributed by atoms with Gasteiger partial charge in [-0.2, -0.15) is 0 Å². The summed E-state index contributed by atoms with van der Waals surface area (Å²) in [5, 5.41) is 1.99. The summed E-state index contributed by atoms with van der Waals surface area (Å²) >= 11 is 1.60. The van der Waals surface area contributed by atoms with Crippen molar-refractivity contribution >= 4 is 29.1 Å². The minimum atomic E-state index is -0.0151. The summed E-state index contributed by atoms with van der Waals surface area (Å²) in [6, 6.07) is 11.2. The van der Waals surface area contributed by atoms with E-state index in [1.54, 1.807) is 36.7 Å². The Bertz CT molecular complexity index is 742. The average Bonchev–Trinajstić information content (AvgIpc) is 3.19. The van der Waals surface area contributed by atoms with Gasteiger partial charge in [0.25, 0.3) is 0 Å². The number of carbonyl (C=O) groups is 2. The Balaban J connectivity index is 1.54. The van der Waals surface area contributed by atoms with E-state index < -0.39 is 0 Å². The van der Waals surface area contributed by atoms with Crippen LogP contribution in [0.4, 0.5) is 0 Å². The van der Waals surface area contributed by atoms with Gasteiger partial charge in [-0.15, -0.1) is 11.3 Å². The SMILES string of the molecule is COc1ccc(C(=O)C2CCN(C(=O)C=Cc3cccs3)CC2)cc1. The summed E-state index contributed by atoms with van der Waals surface area (Å²) in [4.78, 5) is 27.7. The Morgan fingerprint density at radius 3 is 2.48 bits per heavy atom. The molecule has 1 fully saturated rings. The molecule has 3 rings (SSSR count). The molecule has 0 aliphatic carbocycles. The molecule has 1 saturated heterocycles. The third-order valence-electron chi connectivity index (χ3n) is 4.49. The average molecular weight is 355 g/mol. The lowest BCUT2D eigenvalue weighted by atomic mass is 9.89. The maximum atomic E-state index is 12.6. The molecule has 1 amide bonds. The molecule has 0 N–H and O–H groups in total. The Morgan fingerprint density at radius 1 is 1.16 bits per heavy atom. The van der Waals surface area contributed by atoms with E-state index in [2.05, 4.69) is 0 Å². The molecule has 0 bridgehead atoms. The summed E-state index contributed by atoms with van der Waals surface area (Å²) in [5.41, 5.74) is 0.711. The van der Waals surface area contributed by atoms with E-state index in [4.69, 9.17) is 4.74 Å². The maximum absolute atomic E-state index is 12.6. The van der Waals surface area contributed by atoms with E-state index in [-0.39, 0.29) is 17.6 Å². The number of ether oxygens (including phenoxy) is 1. The molecule has 1 aromatic carbocycles. The number of carbonyl (C=O) groups excluding carboxylic acids is 2. The fraction of sp³-hybridized carbons (Fsp3) is 0.300. The highest BCUT2D eigenvalue weighted by atomic mass is 32.1. The van der Waals surface area contributed by atoms with Crippen molar-refractivity contribution in [3.8, 4) is 5.75 Å². The van der Waals surface area contributed by atoms with Gasteiger partial charge in [-0.1, -0.05) is 6.07 Å². The first kappa shape index (κ1) is 17.4. The van der Waals surface area contributed by atoms with Gasteiger partial charge < -0.3 is 9.64 Å². The molecule has 130 valence electrons. The molecular formula is C20H21NO3S. The van der Waals surface area contributed by atoms with Crippen molar-refractivity contribution in [1.82, 2.24) is 4.90 Å². The molecular weight excluding hydrogens is 334 g/mol. The van der Waals surface area contributed by atoms with Crippen LogP contribution >= 0.6 is 11.3 Å². The van der Waals surface area contributed by atoms with Crippen LogP contribution in [0.2, 0.25) is 0 Å². The molecule has 2 heterocycles. The number of methoxy groups -OCH3 is 1. The van der Waals surface area contributed by atoms with Crippen LogP contribution in [0, 0.1) is 5.92 Å². The zero-order chi connectivity index (χ0) is 17.6. The van der Waals surface area contributed by atoms with Crippen molar-refractivity contribution in [2.24, 2.45) is 5.92 Å². The predicted octanol–water partition coefficient (Wildman–Crippen LogP) is 3.89. The fourth-order valence-electron chi connectivity index (χ4n) is 3.00. The quantitative estimate of drug-likeness (QED) is 0.604. The molecule has 1 aromatic heterocycles. The molecule has 2 aromatic rings. The van der Waals surface area contributed by atoms with Gasteiger partial charge >= 0.3 is 0 Å². The van der Waals surface area contributed by atoms with E-state index in [1.165, 1.54) is 0 Å². The van der Waals surface area contributed by atoms with Crippen LogP contribution in [0.3, 0.4) is 0 Å². The molecule has 0 radical (unpaired) electrons. The first-order chi connectivity index (χ1) is 12.2. The minimum Gasteiger partial charge on any atom is -0.497 e. The zero-order valence-electron chi connectivity index (χ0n) is 14.2. The van der Waals surface area contributed by atoms with Gasteiger partial charge in [0.15, 0.2) is 5.78 Å². The van der Waals surface area contributed by atoms with Crippen molar-refractivity contribution in [2.45, 2.75) is 12.8 Å². The van der Waals surface area contributed by atoms with Crippen molar-refractivity contribution in [3.63, 3.8) is 0 Å². The van der Waals surface area contributed by atoms with Gasteiger partial charge in [-0.3, -0.25) is 9.59 Å². The van der Waals surface area contributed by atoms with E-state index in [0.717, 1.165) is 10.6 Å². The molecule has 0 unspecified atom stereocenters. The van der Waals surface area contributed by atoms with Gasteiger partial charge in [-0.25, -0.2) is 0 Å². The van der Waals surface area contributed by atoms with Crippen molar-refractivity contribution in [1.29, 1.82) is 0 Å². The van der Waals surface area contributed by atoms with Crippen LogP contribution in [0.15, 0.2) is 47.9 Å². The van der Waals surface area contributed by atoms with Gasteiger partial charge in [-0.05, 0) is 54.6 Å². The Morgan fingerprint density at radius 2 is 1.88 bits per heavy atom. The lowest BCUT2D eigenvalue weighted by Gasteiger charge is -2.30. The summed E-state index contributed by atoms with van der Waals surface area (Å²) in [6.45, 7) is 1.25. The van der Waals surface area contributed by atoms with Crippen LogP contribution in [-0.4, -0.2) is 36.8 Å². The highest BCUT2D eigenvalue weighted by Gasteiger charge is 2.27. The Kier molecular flexibility index (Phi) is 5.66. The summed E-state index contributed by atoms with van der Waals surface area (Å²) in [7, 11) is 1.61. The largest absolute Gasteiger partial charge is 0.497 e. The number of amides is 1. The third kappa shape index (κ3) is 4.37. The van der Waals surface area contributed by atoms with E-state index in [9.17, 15) is 9.59 Å². The van der Waals surface area contributed by atoms with Crippen LogP contribution in [0.25, 0.3) is 6.08 Å². The number of nitrogens with zero attached hydrogens (tertiary/aromatic N) is 1. The summed E-state index contributed by atoms with van der Waals surface area (Å²) in [6.07, 6.45) is 4.89. The molecule has 4 nitrogen and oxygen atoms in total. The highest BCUT2D eigenvalue weighted by molar-refractivity contribution is 7.10. The lowest BCUT2D eigenvalue weighted by Crippen LogP contribution is -2.39. The number of hydrogen-bond acceptors (Lipinski definition) is 4. The Hall–Kier alpha value is -2.40. The van der Waals surface area contributed by atoms with E-state index >= 15 is 0 Å². The second kappa shape index (κ2) is 8.12. The summed E-state index contributed by atoms with van der Waals surface area (Å²) < 4.78 is 5.12. The van der Waals surface area contributed by atoms with Gasteiger partial charge in [0.1, 0.15) is 5.75 Å². The van der Waals surface area contributed by atoms with Gasteiger partial charge in [0.05, 0.1) is 7.11 Å². The maximum Gasteiger partial charge on any atom is 0.246 e. The number of benzene rings is 1. The Labute approximate surface area is 151 Å². The zero-order valence-corrected chi connectivity index (χ0v) is 15.0. The van der Waals surface area contributed by atoms with Crippen LogP contribution in [-0.2, 0) is 4.79 Å². The smallest absolute Gasteiger partial charge is 0.246 e. The number of likely N-dealkylation sites (tertiary alicyclic amines) is 1. The fourth-order valence-corrected chi connectivity index (χ4v) is 3.62. The number of ketones is 1. The molecule has 0 saturated carbocycles. The topological polar surface area (TPSA) is 46.6 Å². The van der Waals surface area contributed by atoms with Gasteiger partial charge in [0, 0.05) is 35.5 Å². The second-order valence-electron chi connectivity index (χ2n) is 6.04. The standard InChI is InChI=1S/C20H21NO3S/c1-24-17-6-4-15(5-7-17)20(23)16-10-12-21(13-11-16)19(22)9-8-18-3-2-14-25-18/h2-9,14,16H,10-13H2,1H3. The minimum absolute atomic E-state index is 0.0151. The van der Waals surface area contributed by atoms with E-state index in [1.807, 2.05) is 40.6 Å². The highest BCUT2D eigenvalue weighted by Crippen LogP contribution is 2.23. The van der Waals surface area contributed by atoms with Crippen molar-refractivity contribution in [2.75, 3.05) is 20.2 Å². The number of Topliss-reactive ketones (excluding diaryl/α,β-unsaturated/α-hetero) is 1. The molecule has 5 heteroatoms. The van der Waals surface area contributed by atoms with Crippen molar-refractivity contribution in [3.05, 3.63) is 58.3 Å². The van der Waals surface area contributed by atoms with Gasteiger partial charge in [0.2, 0.25) is 5.91 Å². The lowest BCUT2D eigenvalue weighted by molar-refractivity contribution is -0.127. The normalized spacial score (nSPS) is 15.5. The third-order valence-corrected chi connectivity index (χ3v) is 5.32. The number of hydrogen-bond donors (Lipinski definition) is 0. The molecule has 0 spiro atoms. The number of thiophene rings is 1. The van der Waals surface area contributed by atoms with Crippen LogP contribution in [0.1, 0.15) is 28.1 Å². The number of piperidine rings is 1. The van der Waals surface area contributed by atoms with E-state index in [0.29, 0.717) is 31.5 Å².